The third kappa shape index (κ3) is 5.70. The zero-order valence-electron chi connectivity index (χ0n) is 21.2. The van der Waals surface area contributed by atoms with E-state index in [2.05, 4.69) is 0 Å². The molecule has 0 bridgehead atoms. The molecule has 5 nitrogen and oxygen atoms in total. The monoisotopic (exact) mass is 470 g/mol. The van der Waals surface area contributed by atoms with Gasteiger partial charge in [0, 0.05) is 17.3 Å². The van der Waals surface area contributed by atoms with Crippen LogP contribution in [0.1, 0.15) is 74.9 Å². The van der Waals surface area contributed by atoms with E-state index in [4.69, 9.17) is 4.74 Å². The van der Waals surface area contributed by atoms with Gasteiger partial charge in [-0.1, -0.05) is 42.3 Å². The molecule has 2 aromatic rings. The van der Waals surface area contributed by atoms with Gasteiger partial charge in [-0.3, -0.25) is 14.4 Å². The van der Waals surface area contributed by atoms with Crippen LogP contribution in [0.2, 0.25) is 0 Å². The van der Waals surface area contributed by atoms with Crippen LogP contribution in [0.25, 0.3) is 0 Å². The van der Waals surface area contributed by atoms with Crippen LogP contribution in [0, 0.1) is 47.5 Å². The molecule has 0 N–H and O–H groups in total. The maximum absolute atomic E-state index is 14.5. The van der Waals surface area contributed by atoms with Crippen molar-refractivity contribution in [1.82, 2.24) is 0 Å². The number of hydrogen-bond acceptors (Lipinski definition) is 5. The van der Waals surface area contributed by atoms with E-state index in [1.807, 2.05) is 38.1 Å². The number of benzene rings is 2. The normalized spacial score (nSPS) is 12.5. The molecule has 0 aromatic heterocycles. The van der Waals surface area contributed by atoms with Gasteiger partial charge in [0.05, 0.1) is 12.0 Å². The summed E-state index contributed by atoms with van der Waals surface area (Å²) in [5.74, 6) is -1.44. The Balaban J connectivity index is 2.69. The van der Waals surface area contributed by atoms with Crippen molar-refractivity contribution in [1.29, 1.82) is 0 Å². The van der Waals surface area contributed by atoms with Gasteiger partial charge in [-0.2, -0.15) is 0 Å². The van der Waals surface area contributed by atoms with Crippen LogP contribution >= 0.6 is 7.14 Å². The Morgan fingerprint density at radius 3 is 1.36 bits per heavy atom. The molecule has 0 amide bonds. The van der Waals surface area contributed by atoms with Crippen LogP contribution in [-0.4, -0.2) is 29.3 Å². The maximum Gasteiger partial charge on any atom is 0.309 e. The summed E-state index contributed by atoms with van der Waals surface area (Å²) in [5, 5.41) is 0. The first-order chi connectivity index (χ1) is 15.2. The van der Waals surface area contributed by atoms with Gasteiger partial charge >= 0.3 is 5.97 Å². The van der Waals surface area contributed by atoms with E-state index in [-0.39, 0.29) is 12.3 Å². The van der Waals surface area contributed by atoms with Crippen molar-refractivity contribution in [2.45, 2.75) is 68.4 Å². The second kappa shape index (κ2) is 10.2. The molecular weight excluding hydrogens is 435 g/mol. The van der Waals surface area contributed by atoms with Gasteiger partial charge < -0.3 is 9.30 Å². The fourth-order valence-electron chi connectivity index (χ4n) is 4.46. The minimum atomic E-state index is -4.22. The molecule has 0 heterocycles. The number of carbonyl (C=O) groups excluding carboxylic acids is 3. The van der Waals surface area contributed by atoms with Crippen molar-refractivity contribution in [3.63, 3.8) is 0 Å². The average Bonchev–Trinajstić information content (AvgIpc) is 2.65. The molecule has 0 spiro atoms. The molecule has 33 heavy (non-hydrogen) atoms. The average molecular weight is 471 g/mol. The smallest absolute Gasteiger partial charge is 0.309 e. The predicted molar refractivity (Wildman–Crippen MR) is 133 cm³/mol. The van der Waals surface area contributed by atoms with E-state index >= 15 is 0 Å². The third-order valence-electron chi connectivity index (χ3n) is 5.72. The minimum Gasteiger partial charge on any atom is -0.463 e. The Kier molecular flexibility index (Phi) is 8.24. The van der Waals surface area contributed by atoms with Gasteiger partial charge in [0.15, 0.2) is 0 Å². The minimum absolute atomic E-state index is 0.295. The molecule has 178 valence electrons. The van der Waals surface area contributed by atoms with Crippen molar-refractivity contribution in [3.05, 3.63) is 68.8 Å². The lowest BCUT2D eigenvalue weighted by molar-refractivity contribution is -0.150. The van der Waals surface area contributed by atoms with Gasteiger partial charge in [-0.15, -0.1) is 0 Å². The summed E-state index contributed by atoms with van der Waals surface area (Å²) in [4.78, 5) is 40.3. The zero-order chi connectivity index (χ0) is 25.2. The summed E-state index contributed by atoms with van der Waals surface area (Å²) in [6.07, 6.45) is -0.718. The molecule has 0 saturated heterocycles. The lowest BCUT2D eigenvalue weighted by Crippen LogP contribution is -2.26. The van der Waals surface area contributed by atoms with E-state index in [9.17, 15) is 18.9 Å². The number of ether oxygens (including phenoxy) is 1. The summed E-state index contributed by atoms with van der Waals surface area (Å²) in [6, 6.07) is 7.36. The molecule has 0 radical (unpaired) electrons. The highest BCUT2D eigenvalue weighted by molar-refractivity contribution is 7.95. The first-order valence-electron chi connectivity index (χ1n) is 11.2. The molecule has 1 atom stereocenters. The van der Waals surface area contributed by atoms with E-state index in [0.717, 1.165) is 11.1 Å². The van der Waals surface area contributed by atoms with Crippen LogP contribution in [0.15, 0.2) is 24.3 Å². The number of rotatable bonds is 8. The SMILES string of the molecule is Cc1cc(C)c(C(=O)P(=O)(CC(C)C(=O)OC(C)C)C(=O)c2c(C)cc(C)cc2C)c(C)c1. The van der Waals surface area contributed by atoms with Crippen molar-refractivity contribution in [2.75, 3.05) is 6.16 Å². The van der Waals surface area contributed by atoms with Gasteiger partial charge in [-0.05, 0) is 77.6 Å². The summed E-state index contributed by atoms with van der Waals surface area (Å²) in [6.45, 7) is 16.0. The lowest BCUT2D eigenvalue weighted by atomic mass is 10.0. The van der Waals surface area contributed by atoms with Crippen LogP contribution in [0.4, 0.5) is 0 Å². The Hall–Kier alpha value is -2.52. The number of carbonyl (C=O) groups is 3. The van der Waals surface area contributed by atoms with E-state index in [1.165, 1.54) is 0 Å². The number of hydrogen-bond donors (Lipinski definition) is 0. The van der Waals surface area contributed by atoms with Crippen molar-refractivity contribution >= 4 is 24.2 Å². The summed E-state index contributed by atoms with van der Waals surface area (Å²) in [7, 11) is -4.22. The Bertz CT molecular complexity index is 1040. The molecule has 0 aliphatic carbocycles. The molecule has 2 aromatic carbocycles. The van der Waals surface area contributed by atoms with Gasteiger partial charge in [0.25, 0.3) is 0 Å². The Morgan fingerprint density at radius 2 is 1.06 bits per heavy atom. The van der Waals surface area contributed by atoms with Crippen LogP contribution in [-0.2, 0) is 14.1 Å². The standard InChI is InChI=1S/C27H35O5P/c1-15(2)32-25(28)22(9)14-33(31,26(29)23-18(5)10-16(3)11-19(23)6)27(30)24-20(7)12-17(4)13-21(24)8/h10-13,15,22H,14H2,1-9H3. The summed E-state index contributed by atoms with van der Waals surface area (Å²) >= 11 is 0. The van der Waals surface area contributed by atoms with Crippen LogP contribution in [0.5, 0.6) is 0 Å². The maximum atomic E-state index is 14.5. The Labute approximate surface area is 197 Å². The third-order valence-corrected chi connectivity index (χ3v) is 8.54. The molecule has 6 heteroatoms. The molecular formula is C27H35O5P. The predicted octanol–water partition coefficient (Wildman–Crippen LogP) is 6.47. The van der Waals surface area contributed by atoms with E-state index in [0.29, 0.717) is 33.4 Å². The Morgan fingerprint density at radius 1 is 0.727 bits per heavy atom. The molecule has 0 aliphatic rings. The van der Waals surface area contributed by atoms with E-state index in [1.54, 1.807) is 48.5 Å². The van der Waals surface area contributed by atoms with E-state index < -0.39 is 30.1 Å². The van der Waals surface area contributed by atoms with Gasteiger partial charge in [0.1, 0.15) is 0 Å². The topological polar surface area (TPSA) is 77.5 Å². The highest BCUT2D eigenvalue weighted by Crippen LogP contribution is 2.55. The first-order valence-corrected chi connectivity index (χ1v) is 13.1. The van der Waals surface area contributed by atoms with Crippen molar-refractivity contribution < 1.29 is 23.7 Å². The molecule has 0 fully saturated rings. The second-order valence-electron chi connectivity index (χ2n) is 9.47. The summed E-state index contributed by atoms with van der Waals surface area (Å²) in [5.41, 5.74) is 3.83. The van der Waals surface area contributed by atoms with Crippen LogP contribution in [0.3, 0.4) is 0 Å². The quantitative estimate of drug-likeness (QED) is 0.326. The fourth-order valence-corrected chi connectivity index (χ4v) is 7.33. The molecule has 2 rings (SSSR count). The summed E-state index contributed by atoms with van der Waals surface area (Å²) < 4.78 is 19.8. The molecule has 0 aliphatic heterocycles. The lowest BCUT2D eigenvalue weighted by Gasteiger charge is -2.23. The number of esters is 1. The van der Waals surface area contributed by atoms with Gasteiger partial charge in [-0.25, -0.2) is 0 Å². The van der Waals surface area contributed by atoms with Crippen molar-refractivity contribution in [2.24, 2.45) is 5.92 Å². The second-order valence-corrected chi connectivity index (χ2v) is 12.1. The van der Waals surface area contributed by atoms with Crippen molar-refractivity contribution in [3.8, 4) is 0 Å². The van der Waals surface area contributed by atoms with Crippen LogP contribution < -0.4 is 0 Å². The molecule has 0 saturated carbocycles. The zero-order valence-corrected chi connectivity index (χ0v) is 22.1. The highest BCUT2D eigenvalue weighted by atomic mass is 31.2. The highest BCUT2D eigenvalue weighted by Gasteiger charge is 2.45. The fraction of sp³-hybridized carbons (Fsp3) is 0.444. The largest absolute Gasteiger partial charge is 0.463 e. The first kappa shape index (κ1) is 26.7. The van der Waals surface area contributed by atoms with Gasteiger partial charge in [0.2, 0.25) is 18.2 Å². The molecule has 1 unspecified atom stereocenters. The number of aryl methyl sites for hydroxylation is 6.